The van der Waals surface area contributed by atoms with Gasteiger partial charge in [0.25, 0.3) is 0 Å². The molecule has 5 nitrogen and oxygen atoms in total. The van der Waals surface area contributed by atoms with Gasteiger partial charge in [-0.3, -0.25) is 4.79 Å². The number of carbonyl (C=O) groups is 1. The van der Waals surface area contributed by atoms with Crippen molar-refractivity contribution >= 4 is 29.3 Å². The van der Waals surface area contributed by atoms with Crippen LogP contribution in [0.15, 0.2) is 53.7 Å². The van der Waals surface area contributed by atoms with E-state index in [4.69, 9.17) is 17.3 Å². The predicted molar refractivity (Wildman–Crippen MR) is 100 cm³/mol. The maximum Gasteiger partial charge on any atom is 0.235 e. The van der Waals surface area contributed by atoms with Crippen LogP contribution < -0.4 is 5.73 Å². The number of rotatable bonds is 6. The molecule has 26 heavy (non-hydrogen) atoms. The first-order valence-corrected chi connectivity index (χ1v) is 9.16. The van der Waals surface area contributed by atoms with E-state index in [9.17, 15) is 9.18 Å². The second kappa shape index (κ2) is 7.88. The molecule has 2 N–H and O–H groups in total. The average Bonchev–Trinajstić information content (AvgIpc) is 3.03. The topological polar surface area (TPSA) is 73.8 Å². The van der Waals surface area contributed by atoms with Crippen LogP contribution in [-0.2, 0) is 11.3 Å². The maximum atomic E-state index is 13.2. The zero-order chi connectivity index (χ0) is 18.7. The number of carbonyl (C=O) groups excluding carboxylic acids is 1. The van der Waals surface area contributed by atoms with E-state index in [-0.39, 0.29) is 5.82 Å². The van der Waals surface area contributed by atoms with Gasteiger partial charge in [0.15, 0.2) is 11.0 Å². The number of hydrogen-bond acceptors (Lipinski definition) is 4. The summed E-state index contributed by atoms with van der Waals surface area (Å²) >= 11 is 7.13. The average molecular weight is 391 g/mol. The molecule has 0 unspecified atom stereocenters. The van der Waals surface area contributed by atoms with Crippen molar-refractivity contribution in [1.82, 2.24) is 14.8 Å². The third-order valence-electron chi connectivity index (χ3n) is 3.79. The first-order chi connectivity index (χ1) is 12.5. The SMILES string of the molecule is CCn1c(S[C@H](C(N)=O)c2ccc(F)cc2)nnc1-c1ccc(Cl)cc1. The summed E-state index contributed by atoms with van der Waals surface area (Å²) in [5, 5.41) is 8.96. The fourth-order valence-corrected chi connectivity index (χ4v) is 3.68. The van der Waals surface area contributed by atoms with Gasteiger partial charge in [-0.2, -0.15) is 0 Å². The van der Waals surface area contributed by atoms with Gasteiger partial charge in [0, 0.05) is 17.1 Å². The summed E-state index contributed by atoms with van der Waals surface area (Å²) in [4.78, 5) is 11.9. The third-order valence-corrected chi connectivity index (χ3v) is 5.29. The quantitative estimate of drug-likeness (QED) is 0.643. The van der Waals surface area contributed by atoms with Gasteiger partial charge in [0.2, 0.25) is 5.91 Å². The van der Waals surface area contributed by atoms with Gasteiger partial charge in [-0.05, 0) is 48.9 Å². The Kier molecular flexibility index (Phi) is 5.58. The summed E-state index contributed by atoms with van der Waals surface area (Å²) in [7, 11) is 0. The molecule has 8 heteroatoms. The second-order valence-corrected chi connectivity index (χ2v) is 7.02. The fourth-order valence-electron chi connectivity index (χ4n) is 2.51. The summed E-state index contributed by atoms with van der Waals surface area (Å²) in [6.45, 7) is 2.58. The van der Waals surface area contributed by atoms with Crippen LogP contribution in [0.25, 0.3) is 11.4 Å². The van der Waals surface area contributed by atoms with Crippen LogP contribution in [-0.4, -0.2) is 20.7 Å². The molecule has 0 radical (unpaired) electrons. The fraction of sp³-hybridized carbons (Fsp3) is 0.167. The zero-order valence-electron chi connectivity index (χ0n) is 13.9. The summed E-state index contributed by atoms with van der Waals surface area (Å²) in [6.07, 6.45) is 0. The minimum atomic E-state index is -0.692. The van der Waals surface area contributed by atoms with Crippen LogP contribution in [0, 0.1) is 5.82 Å². The van der Waals surface area contributed by atoms with E-state index in [0.717, 1.165) is 5.56 Å². The summed E-state index contributed by atoms with van der Waals surface area (Å²) in [6, 6.07) is 13.0. The predicted octanol–water partition coefficient (Wildman–Crippen LogP) is 4.08. The number of thioether (sulfide) groups is 1. The molecule has 3 aromatic rings. The zero-order valence-corrected chi connectivity index (χ0v) is 15.5. The molecule has 3 rings (SSSR count). The molecule has 0 aliphatic heterocycles. The van der Waals surface area contributed by atoms with E-state index in [0.29, 0.717) is 28.1 Å². The van der Waals surface area contributed by atoms with Crippen LogP contribution in [0.5, 0.6) is 0 Å². The Balaban J connectivity index is 1.94. The lowest BCUT2D eigenvalue weighted by Crippen LogP contribution is -2.19. The molecule has 0 aliphatic carbocycles. The van der Waals surface area contributed by atoms with Crippen molar-refractivity contribution in [2.45, 2.75) is 23.9 Å². The van der Waals surface area contributed by atoms with Crippen LogP contribution >= 0.6 is 23.4 Å². The molecule has 0 aliphatic rings. The van der Waals surface area contributed by atoms with Crippen molar-refractivity contribution in [3.05, 3.63) is 64.9 Å². The first-order valence-electron chi connectivity index (χ1n) is 7.90. The molecule has 2 aromatic carbocycles. The highest BCUT2D eigenvalue weighted by molar-refractivity contribution is 8.00. The van der Waals surface area contributed by atoms with Crippen molar-refractivity contribution in [3.63, 3.8) is 0 Å². The van der Waals surface area contributed by atoms with E-state index in [1.54, 1.807) is 24.3 Å². The highest BCUT2D eigenvalue weighted by atomic mass is 35.5. The Morgan fingerprint density at radius 1 is 1.19 bits per heavy atom. The smallest absolute Gasteiger partial charge is 0.235 e. The Morgan fingerprint density at radius 3 is 2.42 bits per heavy atom. The monoisotopic (exact) mass is 390 g/mol. The van der Waals surface area contributed by atoms with Gasteiger partial charge in [-0.15, -0.1) is 10.2 Å². The lowest BCUT2D eigenvalue weighted by atomic mass is 10.1. The van der Waals surface area contributed by atoms with Crippen LogP contribution in [0.4, 0.5) is 4.39 Å². The number of primary amides is 1. The molecule has 1 aromatic heterocycles. The van der Waals surface area contributed by atoms with E-state index < -0.39 is 11.2 Å². The summed E-state index contributed by atoms with van der Waals surface area (Å²) in [5.74, 6) is -0.224. The molecule has 1 amide bonds. The molecule has 0 spiro atoms. The van der Waals surface area contributed by atoms with E-state index in [1.165, 1.54) is 23.9 Å². The van der Waals surface area contributed by atoms with Gasteiger partial charge >= 0.3 is 0 Å². The molecular weight excluding hydrogens is 375 g/mol. The molecular formula is C18H16ClFN4OS. The standard InChI is InChI=1S/C18H16ClFN4OS/c1-2-24-17(12-3-7-13(19)8-4-12)22-23-18(24)26-15(16(21)25)11-5-9-14(20)10-6-11/h3-10,15H,2H2,1H3,(H2,21,25)/t15-/m0/s1. The first kappa shape index (κ1) is 18.4. The molecule has 0 fully saturated rings. The number of hydrogen-bond donors (Lipinski definition) is 1. The Bertz CT molecular complexity index is 912. The lowest BCUT2D eigenvalue weighted by molar-refractivity contribution is -0.117. The number of amides is 1. The summed E-state index contributed by atoms with van der Waals surface area (Å²) < 4.78 is 15.1. The number of aromatic nitrogens is 3. The Hall–Kier alpha value is -2.38. The lowest BCUT2D eigenvalue weighted by Gasteiger charge is -2.14. The number of benzene rings is 2. The molecule has 0 bridgehead atoms. The number of nitrogens with two attached hydrogens (primary N) is 1. The normalized spacial score (nSPS) is 12.1. The molecule has 1 heterocycles. The number of nitrogens with zero attached hydrogens (tertiary/aromatic N) is 3. The van der Waals surface area contributed by atoms with Crippen LogP contribution in [0.3, 0.4) is 0 Å². The maximum absolute atomic E-state index is 13.2. The van der Waals surface area contributed by atoms with E-state index in [1.807, 2.05) is 23.6 Å². The Labute approximate surface area is 159 Å². The molecule has 1 atom stereocenters. The molecule has 0 saturated heterocycles. The highest BCUT2D eigenvalue weighted by Gasteiger charge is 2.24. The van der Waals surface area contributed by atoms with Crippen LogP contribution in [0.2, 0.25) is 5.02 Å². The van der Waals surface area contributed by atoms with Gasteiger partial charge in [-0.1, -0.05) is 35.5 Å². The minimum Gasteiger partial charge on any atom is -0.368 e. The van der Waals surface area contributed by atoms with Gasteiger partial charge in [0.05, 0.1) is 0 Å². The van der Waals surface area contributed by atoms with Crippen molar-refractivity contribution < 1.29 is 9.18 Å². The number of halogens is 2. The van der Waals surface area contributed by atoms with Crippen molar-refractivity contribution in [3.8, 4) is 11.4 Å². The molecule has 134 valence electrons. The van der Waals surface area contributed by atoms with Gasteiger partial charge < -0.3 is 10.3 Å². The molecule has 0 saturated carbocycles. The van der Waals surface area contributed by atoms with Crippen molar-refractivity contribution in [1.29, 1.82) is 0 Å². The largest absolute Gasteiger partial charge is 0.368 e. The van der Waals surface area contributed by atoms with Crippen molar-refractivity contribution in [2.24, 2.45) is 5.73 Å². The minimum absolute atomic E-state index is 0.372. The van der Waals surface area contributed by atoms with Crippen molar-refractivity contribution in [2.75, 3.05) is 0 Å². The summed E-state index contributed by atoms with van der Waals surface area (Å²) in [5.41, 5.74) is 7.04. The van der Waals surface area contributed by atoms with E-state index in [2.05, 4.69) is 10.2 Å². The van der Waals surface area contributed by atoms with Crippen LogP contribution in [0.1, 0.15) is 17.7 Å². The second-order valence-electron chi connectivity index (χ2n) is 5.51. The Morgan fingerprint density at radius 2 is 1.85 bits per heavy atom. The highest BCUT2D eigenvalue weighted by Crippen LogP contribution is 2.35. The third kappa shape index (κ3) is 3.89. The van der Waals surface area contributed by atoms with E-state index >= 15 is 0 Å². The van der Waals surface area contributed by atoms with Gasteiger partial charge in [0.1, 0.15) is 11.1 Å². The van der Waals surface area contributed by atoms with Gasteiger partial charge in [-0.25, -0.2) is 4.39 Å².